The number of rotatable bonds is 2. The maximum absolute atomic E-state index is 12.9. The zero-order valence-electron chi connectivity index (χ0n) is 12.3. The summed E-state index contributed by atoms with van der Waals surface area (Å²) in [6, 6.07) is 4.44. The molecule has 1 aliphatic heterocycles. The van der Waals surface area contributed by atoms with Gasteiger partial charge in [0.15, 0.2) is 5.58 Å². The molecule has 8 nitrogen and oxygen atoms in total. The molecule has 0 unspecified atom stereocenters. The van der Waals surface area contributed by atoms with Crippen LogP contribution in [0.15, 0.2) is 38.6 Å². The first-order valence-electron chi connectivity index (χ1n) is 7.07. The highest BCUT2D eigenvalue weighted by Crippen LogP contribution is 2.25. The van der Waals surface area contributed by atoms with Gasteiger partial charge >= 0.3 is 5.76 Å². The molecule has 0 saturated carbocycles. The van der Waals surface area contributed by atoms with Gasteiger partial charge in [-0.25, -0.2) is 18.2 Å². The predicted octanol–water partition coefficient (Wildman–Crippen LogP) is 0.602. The summed E-state index contributed by atoms with van der Waals surface area (Å²) >= 11 is 0. The standard InChI is InChI=1S/C14H14N4O4S/c1-17-12-6-9(2-3-13(12)22-14(17)19)23(20,21)18-5-4-10-11(7-18)16-8-15-10/h2-3,6,8H,4-5,7H2,1H3,(H,15,16). The fraction of sp³-hybridized carbons (Fsp3) is 0.286. The fourth-order valence-electron chi connectivity index (χ4n) is 2.81. The van der Waals surface area contributed by atoms with Crippen molar-refractivity contribution in [2.75, 3.05) is 6.54 Å². The summed E-state index contributed by atoms with van der Waals surface area (Å²) in [5.74, 6) is -0.519. The SMILES string of the molecule is Cn1c(=O)oc2ccc(S(=O)(=O)N3CCc4nc[nH]c4C3)cc21. The van der Waals surface area contributed by atoms with Crippen LogP contribution in [0.5, 0.6) is 0 Å². The lowest BCUT2D eigenvalue weighted by atomic mass is 10.2. The second-order valence-electron chi connectivity index (χ2n) is 5.47. The molecule has 0 bridgehead atoms. The molecule has 0 aliphatic carbocycles. The summed E-state index contributed by atoms with van der Waals surface area (Å²) in [7, 11) is -2.11. The second-order valence-corrected chi connectivity index (χ2v) is 7.41. The molecule has 9 heteroatoms. The van der Waals surface area contributed by atoms with Crippen molar-refractivity contribution in [3.63, 3.8) is 0 Å². The molecule has 1 aromatic carbocycles. The molecular formula is C14H14N4O4S. The lowest BCUT2D eigenvalue weighted by Gasteiger charge is -2.25. The van der Waals surface area contributed by atoms with Gasteiger partial charge in [-0.15, -0.1) is 0 Å². The minimum atomic E-state index is -3.65. The van der Waals surface area contributed by atoms with Crippen LogP contribution in [-0.4, -0.2) is 33.8 Å². The number of hydrogen-bond acceptors (Lipinski definition) is 5. The summed E-state index contributed by atoms with van der Waals surface area (Å²) in [6.07, 6.45) is 2.15. The highest BCUT2D eigenvalue weighted by atomic mass is 32.2. The van der Waals surface area contributed by atoms with E-state index < -0.39 is 15.8 Å². The van der Waals surface area contributed by atoms with Crippen LogP contribution in [0.4, 0.5) is 0 Å². The fourth-order valence-corrected chi connectivity index (χ4v) is 4.24. The Morgan fingerprint density at radius 3 is 3.00 bits per heavy atom. The molecular weight excluding hydrogens is 320 g/mol. The molecule has 4 rings (SSSR count). The molecule has 1 aliphatic rings. The predicted molar refractivity (Wildman–Crippen MR) is 81.3 cm³/mol. The second kappa shape index (κ2) is 4.80. The number of oxazole rings is 1. The Morgan fingerprint density at radius 1 is 1.35 bits per heavy atom. The van der Waals surface area contributed by atoms with Gasteiger partial charge in [-0.1, -0.05) is 0 Å². The monoisotopic (exact) mass is 334 g/mol. The van der Waals surface area contributed by atoms with Crippen molar-refractivity contribution in [3.05, 3.63) is 46.5 Å². The van der Waals surface area contributed by atoms with Gasteiger partial charge in [0.05, 0.1) is 34.7 Å². The molecule has 0 radical (unpaired) electrons. The highest BCUT2D eigenvalue weighted by Gasteiger charge is 2.30. The molecule has 120 valence electrons. The number of fused-ring (bicyclic) bond motifs is 2. The molecule has 0 atom stereocenters. The van der Waals surface area contributed by atoms with E-state index in [1.165, 1.54) is 27.1 Å². The van der Waals surface area contributed by atoms with Crippen LogP contribution < -0.4 is 5.76 Å². The summed E-state index contributed by atoms with van der Waals surface area (Å²) in [5, 5.41) is 0. The van der Waals surface area contributed by atoms with E-state index in [4.69, 9.17) is 4.42 Å². The number of aromatic nitrogens is 3. The van der Waals surface area contributed by atoms with Gasteiger partial charge in [-0.2, -0.15) is 4.31 Å². The number of aromatic amines is 1. The third-order valence-corrected chi connectivity index (χ3v) is 5.98. The van der Waals surface area contributed by atoms with E-state index in [1.54, 1.807) is 13.4 Å². The number of imidazole rings is 1. The Morgan fingerprint density at radius 2 is 2.17 bits per heavy atom. The molecule has 1 N–H and O–H groups in total. The Labute approximate surface area is 131 Å². The number of aryl methyl sites for hydroxylation is 1. The average Bonchev–Trinajstić information content (AvgIpc) is 3.11. The lowest BCUT2D eigenvalue weighted by molar-refractivity contribution is 0.385. The van der Waals surface area contributed by atoms with E-state index in [9.17, 15) is 13.2 Å². The zero-order chi connectivity index (χ0) is 16.2. The van der Waals surface area contributed by atoms with Crippen molar-refractivity contribution in [1.29, 1.82) is 0 Å². The molecule has 0 amide bonds. The third-order valence-electron chi connectivity index (χ3n) is 4.14. The maximum Gasteiger partial charge on any atom is 0.419 e. The van der Waals surface area contributed by atoms with Gasteiger partial charge in [0.1, 0.15) is 0 Å². The summed E-state index contributed by atoms with van der Waals surface area (Å²) in [6.45, 7) is 0.641. The first-order valence-corrected chi connectivity index (χ1v) is 8.51. The van der Waals surface area contributed by atoms with E-state index in [0.717, 1.165) is 11.4 Å². The van der Waals surface area contributed by atoms with Gasteiger partial charge in [-0.05, 0) is 18.2 Å². The Hall–Kier alpha value is -2.39. The van der Waals surface area contributed by atoms with Gasteiger partial charge in [0.2, 0.25) is 10.0 Å². The average molecular weight is 334 g/mol. The Balaban J connectivity index is 1.77. The number of benzene rings is 1. The number of sulfonamides is 1. The van der Waals surface area contributed by atoms with Crippen LogP contribution in [0.2, 0.25) is 0 Å². The quantitative estimate of drug-likeness (QED) is 0.739. The van der Waals surface area contributed by atoms with Crippen LogP contribution in [0.25, 0.3) is 11.1 Å². The summed E-state index contributed by atoms with van der Waals surface area (Å²) in [5.41, 5.74) is 2.54. The van der Waals surface area contributed by atoms with Crippen molar-refractivity contribution in [2.24, 2.45) is 7.05 Å². The van der Waals surface area contributed by atoms with E-state index >= 15 is 0 Å². The van der Waals surface area contributed by atoms with Crippen LogP contribution in [0, 0.1) is 0 Å². The minimum absolute atomic E-state index is 0.143. The molecule has 3 aromatic rings. The maximum atomic E-state index is 12.9. The first kappa shape index (κ1) is 14.2. The minimum Gasteiger partial charge on any atom is -0.408 e. The molecule has 2 aromatic heterocycles. The van der Waals surface area contributed by atoms with Crippen molar-refractivity contribution >= 4 is 21.1 Å². The van der Waals surface area contributed by atoms with Gasteiger partial charge in [-0.3, -0.25) is 4.57 Å². The summed E-state index contributed by atoms with van der Waals surface area (Å²) in [4.78, 5) is 18.8. The lowest BCUT2D eigenvalue weighted by Crippen LogP contribution is -2.36. The molecule has 23 heavy (non-hydrogen) atoms. The van der Waals surface area contributed by atoms with E-state index in [-0.39, 0.29) is 11.4 Å². The van der Waals surface area contributed by atoms with Crippen molar-refractivity contribution in [2.45, 2.75) is 17.9 Å². The van der Waals surface area contributed by atoms with Crippen LogP contribution in [0.3, 0.4) is 0 Å². The molecule has 0 spiro atoms. The highest BCUT2D eigenvalue weighted by molar-refractivity contribution is 7.89. The molecule has 3 heterocycles. The van der Waals surface area contributed by atoms with E-state index in [0.29, 0.717) is 24.1 Å². The first-order chi connectivity index (χ1) is 11.0. The van der Waals surface area contributed by atoms with Gasteiger partial charge in [0.25, 0.3) is 0 Å². The van der Waals surface area contributed by atoms with Crippen molar-refractivity contribution in [1.82, 2.24) is 18.8 Å². The van der Waals surface area contributed by atoms with Crippen molar-refractivity contribution < 1.29 is 12.8 Å². The summed E-state index contributed by atoms with van der Waals surface area (Å²) < 4.78 is 33.4. The number of nitrogens with one attached hydrogen (secondary N) is 1. The van der Waals surface area contributed by atoms with Crippen LogP contribution in [-0.2, 0) is 30.0 Å². The number of H-pyrrole nitrogens is 1. The Kier molecular flexibility index (Phi) is 2.97. The van der Waals surface area contributed by atoms with Gasteiger partial charge in [0, 0.05) is 20.0 Å². The molecule has 0 saturated heterocycles. The number of nitrogens with zero attached hydrogens (tertiary/aromatic N) is 3. The third kappa shape index (κ3) is 2.12. The molecule has 0 fully saturated rings. The van der Waals surface area contributed by atoms with Gasteiger partial charge < -0.3 is 9.40 Å². The Bertz CT molecular complexity index is 1060. The van der Waals surface area contributed by atoms with Crippen LogP contribution in [0.1, 0.15) is 11.4 Å². The van der Waals surface area contributed by atoms with Crippen LogP contribution >= 0.6 is 0 Å². The topological polar surface area (TPSA) is 101 Å². The van der Waals surface area contributed by atoms with E-state index in [1.807, 2.05) is 0 Å². The normalized spacial score (nSPS) is 15.9. The zero-order valence-corrected chi connectivity index (χ0v) is 13.1. The number of hydrogen-bond donors (Lipinski definition) is 1. The van der Waals surface area contributed by atoms with Crippen molar-refractivity contribution in [3.8, 4) is 0 Å². The smallest absolute Gasteiger partial charge is 0.408 e. The largest absolute Gasteiger partial charge is 0.419 e. The van der Waals surface area contributed by atoms with E-state index in [2.05, 4.69) is 9.97 Å².